The first-order chi connectivity index (χ1) is 27.7. The molecule has 7 aromatic rings. The highest BCUT2D eigenvalue weighted by molar-refractivity contribution is 5.91. The van der Waals surface area contributed by atoms with Crippen LogP contribution in [0.25, 0.3) is 55.7 Å². The van der Waals surface area contributed by atoms with Crippen molar-refractivity contribution in [3.05, 3.63) is 230 Å². The molecule has 7 aromatic carbocycles. The average molecular weight is 719 g/mol. The zero-order valence-corrected chi connectivity index (χ0v) is 31.3. The maximum absolute atomic E-state index is 4.50. The Morgan fingerprint density at radius 2 is 1.07 bits per heavy atom. The molecule has 268 valence electrons. The largest absolute Gasteiger partial charge is 0.355 e. The molecule has 0 spiro atoms. The first-order valence-electron chi connectivity index (χ1n) is 19.3. The van der Waals surface area contributed by atoms with E-state index in [-0.39, 0.29) is 0 Å². The minimum Gasteiger partial charge on any atom is -0.355 e. The molecule has 0 saturated heterocycles. The van der Waals surface area contributed by atoms with E-state index in [9.17, 15) is 0 Å². The fourth-order valence-corrected chi connectivity index (χ4v) is 7.69. The molecule has 1 aliphatic heterocycles. The zero-order chi connectivity index (χ0) is 37.7. The fourth-order valence-electron chi connectivity index (χ4n) is 7.69. The van der Waals surface area contributed by atoms with Gasteiger partial charge < -0.3 is 10.2 Å². The lowest BCUT2D eigenvalue weighted by atomic mass is 9.91. The predicted molar refractivity (Wildman–Crippen MR) is 240 cm³/mol. The van der Waals surface area contributed by atoms with Gasteiger partial charge in [0.25, 0.3) is 0 Å². The highest BCUT2D eigenvalue weighted by Crippen LogP contribution is 2.42. The molecule has 2 heteroatoms. The van der Waals surface area contributed by atoms with E-state index in [1.54, 1.807) is 0 Å². The van der Waals surface area contributed by atoms with Gasteiger partial charge in [0.1, 0.15) is 0 Å². The molecule has 0 radical (unpaired) electrons. The Morgan fingerprint density at radius 1 is 0.482 bits per heavy atom. The molecule has 0 saturated carbocycles. The van der Waals surface area contributed by atoms with Gasteiger partial charge in [-0.3, -0.25) is 0 Å². The molecule has 1 aliphatic carbocycles. The summed E-state index contributed by atoms with van der Waals surface area (Å²) in [5, 5.41) is 3.76. The minimum absolute atomic E-state index is 0.973. The summed E-state index contributed by atoms with van der Waals surface area (Å²) in [6.07, 6.45) is 17.2. The predicted octanol–water partition coefficient (Wildman–Crippen LogP) is 15.1. The van der Waals surface area contributed by atoms with Gasteiger partial charge in [-0.2, -0.15) is 0 Å². The SMILES string of the molecule is C=C1/C=C\C=C/N(c2cc(-c3ccccc3)cc(-c3ccccc3)c2)c2cc(-c3ccc(Nc4ccc(-c5ccccc5)cc4)c(C4=CC=CCC4)c3)ccc21. The summed E-state index contributed by atoms with van der Waals surface area (Å²) in [4.78, 5) is 2.32. The Bertz CT molecular complexity index is 2590. The second kappa shape index (κ2) is 15.7. The summed E-state index contributed by atoms with van der Waals surface area (Å²) in [5.41, 5.74) is 18.4. The summed E-state index contributed by atoms with van der Waals surface area (Å²) in [6, 6.07) is 61.0. The number of rotatable bonds is 8. The number of nitrogens with zero attached hydrogens (tertiary/aromatic N) is 1. The van der Waals surface area contributed by atoms with E-state index in [1.807, 2.05) is 0 Å². The van der Waals surface area contributed by atoms with Crippen molar-refractivity contribution >= 4 is 33.9 Å². The van der Waals surface area contributed by atoms with Crippen molar-refractivity contribution in [2.45, 2.75) is 12.8 Å². The van der Waals surface area contributed by atoms with Crippen LogP contribution >= 0.6 is 0 Å². The summed E-state index contributed by atoms with van der Waals surface area (Å²) >= 11 is 0. The number of hydrogen-bond donors (Lipinski definition) is 1. The monoisotopic (exact) mass is 718 g/mol. The van der Waals surface area contributed by atoms with E-state index in [1.165, 1.54) is 50.1 Å². The van der Waals surface area contributed by atoms with Crippen LogP contribution in [0.3, 0.4) is 0 Å². The van der Waals surface area contributed by atoms with Crippen molar-refractivity contribution in [3.8, 4) is 44.5 Å². The Kier molecular flexibility index (Phi) is 9.68. The number of nitrogens with one attached hydrogen (secondary N) is 1. The van der Waals surface area contributed by atoms with Crippen LogP contribution in [-0.4, -0.2) is 0 Å². The van der Waals surface area contributed by atoms with Crippen LogP contribution in [0.15, 0.2) is 219 Å². The van der Waals surface area contributed by atoms with Crippen molar-refractivity contribution in [2.24, 2.45) is 0 Å². The van der Waals surface area contributed by atoms with E-state index in [4.69, 9.17) is 0 Å². The highest BCUT2D eigenvalue weighted by atomic mass is 15.1. The minimum atomic E-state index is 0.973. The van der Waals surface area contributed by atoms with Crippen molar-refractivity contribution in [2.75, 3.05) is 10.2 Å². The van der Waals surface area contributed by atoms with Crippen molar-refractivity contribution in [1.29, 1.82) is 0 Å². The van der Waals surface area contributed by atoms with Gasteiger partial charge in [-0.25, -0.2) is 0 Å². The number of benzene rings is 7. The van der Waals surface area contributed by atoms with Crippen LogP contribution in [0.4, 0.5) is 22.7 Å². The van der Waals surface area contributed by atoms with E-state index in [0.29, 0.717) is 0 Å². The topological polar surface area (TPSA) is 15.3 Å². The third-order valence-corrected chi connectivity index (χ3v) is 10.6. The molecule has 0 bridgehead atoms. The third-order valence-electron chi connectivity index (χ3n) is 10.6. The second-order valence-corrected chi connectivity index (χ2v) is 14.3. The first kappa shape index (κ1) is 34.6. The highest BCUT2D eigenvalue weighted by Gasteiger charge is 2.19. The second-order valence-electron chi connectivity index (χ2n) is 14.3. The molecule has 1 heterocycles. The normalized spacial score (nSPS) is 14.6. The lowest BCUT2D eigenvalue weighted by molar-refractivity contribution is 1.05. The van der Waals surface area contributed by atoms with Crippen LogP contribution in [0.5, 0.6) is 0 Å². The van der Waals surface area contributed by atoms with Crippen molar-refractivity contribution in [3.63, 3.8) is 0 Å². The average Bonchev–Trinajstić information content (AvgIpc) is 3.27. The Labute approximate surface area is 330 Å². The van der Waals surface area contributed by atoms with Crippen LogP contribution in [0, 0.1) is 0 Å². The van der Waals surface area contributed by atoms with Gasteiger partial charge in [0.05, 0.1) is 5.69 Å². The van der Waals surface area contributed by atoms with Crippen molar-refractivity contribution < 1.29 is 0 Å². The Morgan fingerprint density at radius 3 is 1.71 bits per heavy atom. The Balaban J connectivity index is 1.13. The third kappa shape index (κ3) is 7.33. The first-order valence-corrected chi connectivity index (χ1v) is 19.3. The molecular weight excluding hydrogens is 677 g/mol. The molecule has 1 N–H and O–H groups in total. The van der Waals surface area contributed by atoms with Crippen LogP contribution in [0.1, 0.15) is 24.0 Å². The molecular formula is C54H42N2. The van der Waals surface area contributed by atoms with E-state index < -0.39 is 0 Å². The van der Waals surface area contributed by atoms with Gasteiger partial charge >= 0.3 is 0 Å². The summed E-state index contributed by atoms with van der Waals surface area (Å²) in [7, 11) is 0. The van der Waals surface area contributed by atoms with Gasteiger partial charge in [-0.15, -0.1) is 0 Å². The molecule has 0 fully saturated rings. The maximum Gasteiger partial charge on any atom is 0.0539 e. The number of allylic oxidation sites excluding steroid dienone is 8. The lowest BCUT2D eigenvalue weighted by Gasteiger charge is -2.27. The van der Waals surface area contributed by atoms with Gasteiger partial charge in [0.15, 0.2) is 0 Å². The molecule has 2 aliphatic rings. The van der Waals surface area contributed by atoms with Gasteiger partial charge in [-0.1, -0.05) is 158 Å². The summed E-state index contributed by atoms with van der Waals surface area (Å²) in [5.74, 6) is 0. The maximum atomic E-state index is 4.50. The van der Waals surface area contributed by atoms with E-state index >= 15 is 0 Å². The lowest BCUT2D eigenvalue weighted by Crippen LogP contribution is -2.12. The quantitative estimate of drug-likeness (QED) is 0.168. The summed E-state index contributed by atoms with van der Waals surface area (Å²) in [6.45, 7) is 4.50. The van der Waals surface area contributed by atoms with Gasteiger partial charge in [0.2, 0.25) is 0 Å². The molecule has 0 unspecified atom stereocenters. The van der Waals surface area contributed by atoms with E-state index in [0.717, 1.165) is 52.3 Å². The van der Waals surface area contributed by atoms with Crippen LogP contribution < -0.4 is 10.2 Å². The number of fused-ring (bicyclic) bond motifs is 1. The molecule has 0 atom stereocenters. The van der Waals surface area contributed by atoms with E-state index in [2.05, 4.69) is 229 Å². The molecule has 56 heavy (non-hydrogen) atoms. The van der Waals surface area contributed by atoms with Crippen LogP contribution in [0.2, 0.25) is 0 Å². The standard InChI is InChI=1S/C54H42N2/c1-39-16-14-15-33-56(50-35-47(41-19-8-3-9-20-41)34-48(36-50)42-21-10-4-11-22-42)54-38-46(27-31-51(39)54)45-28-32-53(52(37-45)44-23-12-5-13-24-44)55-49-29-25-43(26-30-49)40-17-6-2-7-18-40/h2-12,14-23,25-38,55H,1,13,24H2/b16-14-,33-15-. The summed E-state index contributed by atoms with van der Waals surface area (Å²) < 4.78 is 0. The number of hydrogen-bond acceptors (Lipinski definition) is 2. The van der Waals surface area contributed by atoms with Gasteiger partial charge in [0, 0.05) is 34.4 Å². The smallest absolute Gasteiger partial charge is 0.0539 e. The van der Waals surface area contributed by atoms with Crippen molar-refractivity contribution in [1.82, 2.24) is 0 Å². The van der Waals surface area contributed by atoms with Crippen LogP contribution in [-0.2, 0) is 0 Å². The fraction of sp³-hybridized carbons (Fsp3) is 0.0370. The molecule has 0 aromatic heterocycles. The zero-order valence-electron chi connectivity index (χ0n) is 31.3. The van der Waals surface area contributed by atoms with Gasteiger partial charge in [-0.05, 0) is 123 Å². The molecule has 2 nitrogen and oxygen atoms in total. The number of anilines is 4. The molecule has 9 rings (SSSR count). The Hall–Kier alpha value is -7.16. The molecule has 0 amide bonds.